The molecule has 5 rings (SSSR count). The SMILES string of the molecule is CC1(C)CN(S(=O)(=O)c2c[nH]cn2)Cc2cc(N3CCC(N4CCOCC4)CC3)ccc21. The quantitative estimate of drug-likeness (QED) is 0.755. The molecule has 3 aliphatic heterocycles. The molecule has 0 spiro atoms. The molecule has 3 aliphatic rings. The summed E-state index contributed by atoms with van der Waals surface area (Å²) in [6.07, 6.45) is 5.17. The summed E-state index contributed by atoms with van der Waals surface area (Å²) in [5.41, 5.74) is 3.25. The number of nitrogens with one attached hydrogen (secondary N) is 1. The number of sulfonamides is 1. The fourth-order valence-electron chi connectivity index (χ4n) is 5.46. The van der Waals surface area contributed by atoms with E-state index in [9.17, 15) is 8.42 Å². The number of imidazole rings is 1. The van der Waals surface area contributed by atoms with Crippen LogP contribution in [0.1, 0.15) is 37.8 Å². The van der Waals surface area contributed by atoms with E-state index in [1.807, 2.05) is 0 Å². The molecule has 0 amide bonds. The van der Waals surface area contributed by atoms with Gasteiger partial charge in [0.25, 0.3) is 10.0 Å². The highest BCUT2D eigenvalue weighted by Crippen LogP contribution is 2.38. The number of hydrogen-bond donors (Lipinski definition) is 1. The standard InChI is InChI=1S/C23H33N5O3S/c1-23(2)16-28(32(29,30)22-14-24-17-25-22)15-18-13-20(3-4-21(18)23)26-7-5-19(6-8-26)27-9-11-31-12-10-27/h3-4,13-14,17,19H,5-12,15-16H2,1-2H3,(H,24,25). The summed E-state index contributed by atoms with van der Waals surface area (Å²) in [5.74, 6) is 0. The molecule has 1 aromatic heterocycles. The number of hydrogen-bond acceptors (Lipinski definition) is 6. The minimum Gasteiger partial charge on any atom is -0.379 e. The summed E-state index contributed by atoms with van der Waals surface area (Å²) in [6.45, 7) is 10.9. The van der Waals surface area contributed by atoms with Crippen LogP contribution in [0.15, 0.2) is 35.7 Å². The molecule has 0 bridgehead atoms. The van der Waals surface area contributed by atoms with Gasteiger partial charge in [0.15, 0.2) is 5.03 Å². The summed E-state index contributed by atoms with van der Waals surface area (Å²) >= 11 is 0. The van der Waals surface area contributed by atoms with Crippen molar-refractivity contribution in [2.75, 3.05) is 50.8 Å². The number of fused-ring (bicyclic) bond motifs is 1. The first-order valence-electron chi connectivity index (χ1n) is 11.5. The molecule has 1 N–H and O–H groups in total. The number of rotatable bonds is 4. The molecule has 32 heavy (non-hydrogen) atoms. The number of morpholine rings is 1. The van der Waals surface area contributed by atoms with Crippen LogP contribution in [0.4, 0.5) is 5.69 Å². The van der Waals surface area contributed by atoms with Crippen LogP contribution in [-0.2, 0) is 26.7 Å². The Balaban J connectivity index is 1.34. The minimum absolute atomic E-state index is 0.0816. The molecular formula is C23H33N5O3S. The van der Waals surface area contributed by atoms with Gasteiger partial charge in [-0.05, 0) is 36.1 Å². The third kappa shape index (κ3) is 4.07. The van der Waals surface area contributed by atoms with Crippen molar-refractivity contribution in [3.8, 4) is 0 Å². The highest BCUT2D eigenvalue weighted by molar-refractivity contribution is 7.89. The number of anilines is 1. The highest BCUT2D eigenvalue weighted by atomic mass is 32.2. The molecule has 8 nitrogen and oxygen atoms in total. The Bertz CT molecular complexity index is 1040. The Morgan fingerprint density at radius 1 is 1.12 bits per heavy atom. The van der Waals surface area contributed by atoms with Crippen molar-refractivity contribution in [2.45, 2.75) is 49.7 Å². The lowest BCUT2D eigenvalue weighted by Crippen LogP contribution is -2.49. The number of ether oxygens (including phenoxy) is 1. The van der Waals surface area contributed by atoms with Gasteiger partial charge < -0.3 is 14.6 Å². The predicted octanol–water partition coefficient (Wildman–Crippen LogP) is 2.19. The monoisotopic (exact) mass is 459 g/mol. The molecule has 4 heterocycles. The summed E-state index contributed by atoms with van der Waals surface area (Å²) in [6, 6.07) is 7.27. The van der Waals surface area contributed by atoms with Crippen LogP contribution in [0.5, 0.6) is 0 Å². The smallest absolute Gasteiger partial charge is 0.262 e. The second-order valence-electron chi connectivity index (χ2n) is 9.77. The Morgan fingerprint density at radius 2 is 1.88 bits per heavy atom. The maximum absolute atomic E-state index is 13.1. The molecule has 1 aromatic carbocycles. The number of nitrogens with zero attached hydrogens (tertiary/aromatic N) is 4. The molecule has 0 radical (unpaired) electrons. The second-order valence-corrected chi connectivity index (χ2v) is 11.7. The summed E-state index contributed by atoms with van der Waals surface area (Å²) in [5, 5.41) is 0.0816. The molecular weight excluding hydrogens is 426 g/mol. The van der Waals surface area contributed by atoms with E-state index in [4.69, 9.17) is 4.74 Å². The maximum Gasteiger partial charge on any atom is 0.262 e. The lowest BCUT2D eigenvalue weighted by atomic mass is 9.79. The van der Waals surface area contributed by atoms with Crippen molar-refractivity contribution in [1.29, 1.82) is 0 Å². The molecule has 2 fully saturated rings. The van der Waals surface area contributed by atoms with Crippen molar-refractivity contribution >= 4 is 15.7 Å². The summed E-state index contributed by atoms with van der Waals surface area (Å²) in [4.78, 5) is 11.8. The van der Waals surface area contributed by atoms with Gasteiger partial charge in [0.1, 0.15) is 0 Å². The lowest BCUT2D eigenvalue weighted by Gasteiger charge is -2.42. The van der Waals surface area contributed by atoms with E-state index in [0.717, 1.165) is 57.8 Å². The van der Waals surface area contributed by atoms with Crippen molar-refractivity contribution in [1.82, 2.24) is 19.2 Å². The zero-order valence-corrected chi connectivity index (χ0v) is 19.8. The topological polar surface area (TPSA) is 81.8 Å². The van der Waals surface area contributed by atoms with E-state index in [1.165, 1.54) is 23.8 Å². The predicted molar refractivity (Wildman–Crippen MR) is 123 cm³/mol. The molecule has 0 unspecified atom stereocenters. The second kappa shape index (κ2) is 8.44. The molecule has 2 saturated heterocycles. The van der Waals surface area contributed by atoms with E-state index in [1.54, 1.807) is 4.31 Å². The van der Waals surface area contributed by atoms with Crippen LogP contribution in [-0.4, -0.2) is 79.6 Å². The first-order valence-corrected chi connectivity index (χ1v) is 13.0. The van der Waals surface area contributed by atoms with Crippen molar-refractivity contribution < 1.29 is 13.2 Å². The molecule has 0 atom stereocenters. The van der Waals surface area contributed by atoms with Gasteiger partial charge in [-0.15, -0.1) is 0 Å². The van der Waals surface area contributed by atoms with Crippen molar-refractivity contribution in [3.63, 3.8) is 0 Å². The van der Waals surface area contributed by atoms with E-state index in [0.29, 0.717) is 19.1 Å². The minimum atomic E-state index is -3.63. The van der Waals surface area contributed by atoms with Gasteiger partial charge in [-0.3, -0.25) is 4.90 Å². The number of H-pyrrole nitrogens is 1. The normalized spacial score (nSPS) is 23.2. The molecule has 0 aliphatic carbocycles. The Labute approximate surface area is 190 Å². The Hall–Kier alpha value is -1.94. The summed E-state index contributed by atoms with van der Waals surface area (Å²) < 4.78 is 33.3. The molecule has 9 heteroatoms. The zero-order chi connectivity index (χ0) is 22.3. The third-order valence-electron chi connectivity index (χ3n) is 7.21. The van der Waals surface area contributed by atoms with Gasteiger partial charge in [0.05, 0.1) is 19.5 Å². The van der Waals surface area contributed by atoms with Crippen LogP contribution in [0, 0.1) is 0 Å². The van der Waals surface area contributed by atoms with Gasteiger partial charge >= 0.3 is 0 Å². The van der Waals surface area contributed by atoms with Crippen molar-refractivity contribution in [3.05, 3.63) is 41.9 Å². The average molecular weight is 460 g/mol. The fraction of sp³-hybridized carbons (Fsp3) is 0.609. The third-order valence-corrected chi connectivity index (χ3v) is 8.90. The number of benzene rings is 1. The van der Waals surface area contributed by atoms with E-state index in [-0.39, 0.29) is 10.4 Å². The molecule has 2 aromatic rings. The maximum atomic E-state index is 13.1. The number of aromatic amines is 1. The van der Waals surface area contributed by atoms with Crippen LogP contribution < -0.4 is 4.90 Å². The van der Waals surface area contributed by atoms with Crippen molar-refractivity contribution in [2.24, 2.45) is 0 Å². The van der Waals surface area contributed by atoms with Gasteiger partial charge in [-0.1, -0.05) is 19.9 Å². The van der Waals surface area contributed by atoms with Gasteiger partial charge in [-0.2, -0.15) is 4.31 Å². The Morgan fingerprint density at radius 3 is 2.56 bits per heavy atom. The zero-order valence-electron chi connectivity index (χ0n) is 19.0. The van der Waals surface area contributed by atoms with Gasteiger partial charge in [-0.25, -0.2) is 13.4 Å². The Kier molecular flexibility index (Phi) is 5.77. The van der Waals surface area contributed by atoms with Crippen LogP contribution in [0.25, 0.3) is 0 Å². The first-order chi connectivity index (χ1) is 15.3. The largest absolute Gasteiger partial charge is 0.379 e. The van der Waals surface area contributed by atoms with Crippen LogP contribution >= 0.6 is 0 Å². The number of piperidine rings is 1. The first kappa shape index (κ1) is 21.9. The van der Waals surface area contributed by atoms with Gasteiger partial charge in [0.2, 0.25) is 0 Å². The lowest BCUT2D eigenvalue weighted by molar-refractivity contribution is 0.0115. The van der Waals surface area contributed by atoms with E-state index < -0.39 is 10.0 Å². The molecule has 174 valence electrons. The van der Waals surface area contributed by atoms with Crippen LogP contribution in [0.2, 0.25) is 0 Å². The highest BCUT2D eigenvalue weighted by Gasteiger charge is 2.38. The average Bonchev–Trinajstić information content (AvgIpc) is 3.35. The number of aromatic nitrogens is 2. The molecule has 0 saturated carbocycles. The van der Waals surface area contributed by atoms with E-state index in [2.05, 4.69) is 51.8 Å². The fourth-order valence-corrected chi connectivity index (χ4v) is 6.93. The van der Waals surface area contributed by atoms with Gasteiger partial charge in [0, 0.05) is 62.6 Å². The summed E-state index contributed by atoms with van der Waals surface area (Å²) in [7, 11) is -3.63. The van der Waals surface area contributed by atoms with E-state index >= 15 is 0 Å². The van der Waals surface area contributed by atoms with Crippen LogP contribution in [0.3, 0.4) is 0 Å².